The van der Waals surface area contributed by atoms with Crippen LogP contribution in [0.3, 0.4) is 0 Å². The summed E-state index contributed by atoms with van der Waals surface area (Å²) >= 11 is 8.86. The summed E-state index contributed by atoms with van der Waals surface area (Å²) in [6.07, 6.45) is 29.0. The van der Waals surface area contributed by atoms with Crippen LogP contribution in [0.1, 0.15) is 258 Å². The number of carbonyl (C=O) groups is 4. The highest BCUT2D eigenvalue weighted by atomic mass is 32.1. The molecule has 9 aromatic rings. The number of rotatable bonds is 44. The van der Waals surface area contributed by atoms with Gasteiger partial charge in [-0.25, -0.2) is 0 Å². The molecule has 0 bridgehead atoms. The van der Waals surface area contributed by atoms with Crippen molar-refractivity contribution in [3.05, 3.63) is 165 Å². The number of furan rings is 4. The molecule has 9 aromatic heterocycles. The molecule has 13 heterocycles. The molecule has 0 fully saturated rings. The van der Waals surface area contributed by atoms with Gasteiger partial charge in [-0.05, 0) is 183 Å². The highest BCUT2D eigenvalue weighted by Gasteiger charge is 2.53. The summed E-state index contributed by atoms with van der Waals surface area (Å²) in [5.74, 6) is 4.57. The van der Waals surface area contributed by atoms with Crippen molar-refractivity contribution in [1.82, 2.24) is 19.6 Å². The van der Waals surface area contributed by atoms with E-state index in [-0.39, 0.29) is 47.3 Å². The lowest BCUT2D eigenvalue weighted by molar-refractivity contribution is -0.124. The van der Waals surface area contributed by atoms with Crippen LogP contribution in [0.5, 0.6) is 0 Å². The van der Waals surface area contributed by atoms with Crippen molar-refractivity contribution >= 4 is 103 Å². The molecule has 4 aliphatic rings. The standard InChI is InChI=1S/C92H112N4O8S5/c1-11-21-27-29-37-63-53-77(108-87(63)75-49-47-73(106-75)66-42-45-70(103-66)85-80-79(89(97)94(85)56-60(18-8)34-24-14-4)83(68-39-31-51-101-68)93(90(80)98)55-59(17-7)33-23-13-3)78-54-64(38-30-28-22-12-2)88(109-78)76-50-48-74(107-76)67-43-46-71(104-67)86-82-81(91(99)96(86)58-62(20-10)36-26-16-6)84(69-44-41-65(102-69)72-40-32-52-105-72)95(92(82)100)57-61(19-9)35-25-15-5/h31-32,39-54,59-62H,11-30,33-38,55-58H2,1-10H3. The summed E-state index contributed by atoms with van der Waals surface area (Å²) in [6.45, 7) is 24.2. The molecule has 4 aliphatic heterocycles. The minimum atomic E-state index is -0.169. The largest absolute Gasteiger partial charge is 0.463 e. The van der Waals surface area contributed by atoms with Gasteiger partial charge in [-0.2, -0.15) is 0 Å². The van der Waals surface area contributed by atoms with Gasteiger partial charge in [0, 0.05) is 55.4 Å². The van der Waals surface area contributed by atoms with Gasteiger partial charge in [-0.3, -0.25) is 19.2 Å². The average molecular weight is 1560 g/mol. The van der Waals surface area contributed by atoms with Gasteiger partial charge in [0.2, 0.25) is 0 Å². The molecule has 578 valence electrons. The van der Waals surface area contributed by atoms with E-state index in [9.17, 15) is 0 Å². The fourth-order valence-corrected chi connectivity index (χ4v) is 21.8. The van der Waals surface area contributed by atoms with Gasteiger partial charge in [0.05, 0.1) is 43.2 Å². The van der Waals surface area contributed by atoms with Gasteiger partial charge in [0.1, 0.15) is 40.1 Å². The molecular weight excluding hydrogens is 1450 g/mol. The first-order valence-electron chi connectivity index (χ1n) is 41.4. The van der Waals surface area contributed by atoms with E-state index in [1.807, 2.05) is 108 Å². The topological polar surface area (TPSA) is 134 Å². The van der Waals surface area contributed by atoms with Crippen LogP contribution >= 0.6 is 56.7 Å². The Kier molecular flexibility index (Phi) is 27.1. The Morgan fingerprint density at radius 1 is 0.321 bits per heavy atom. The maximum Gasteiger partial charge on any atom is 0.261 e. The number of hydrogen-bond donors (Lipinski definition) is 0. The van der Waals surface area contributed by atoms with Gasteiger partial charge in [0.15, 0.2) is 23.0 Å². The highest BCUT2D eigenvalue weighted by Crippen LogP contribution is 2.54. The first kappa shape index (κ1) is 79.5. The van der Waals surface area contributed by atoms with Gasteiger partial charge in [0.25, 0.3) is 23.6 Å². The normalized spacial score (nSPS) is 15.9. The Balaban J connectivity index is 0.836. The summed E-state index contributed by atoms with van der Waals surface area (Å²) < 4.78 is 26.9. The minimum absolute atomic E-state index is 0.163. The number of thiophene rings is 5. The Morgan fingerprint density at radius 3 is 0.982 bits per heavy atom. The van der Waals surface area contributed by atoms with Gasteiger partial charge in [-0.1, -0.05) is 191 Å². The summed E-state index contributed by atoms with van der Waals surface area (Å²) in [5.41, 5.74) is 6.67. The number of nitrogens with zero attached hydrogens (tertiary/aromatic N) is 4. The molecule has 109 heavy (non-hydrogen) atoms. The lowest BCUT2D eigenvalue weighted by Crippen LogP contribution is -2.34. The number of carbonyl (C=O) groups excluding carboxylic acids is 4. The Bertz CT molecular complexity index is 4720. The third-order valence-corrected chi connectivity index (χ3v) is 28.9. The molecule has 0 saturated carbocycles. The van der Waals surface area contributed by atoms with Crippen LogP contribution in [0.2, 0.25) is 0 Å². The molecule has 17 heteroatoms. The average Bonchev–Trinajstić information content (AvgIpc) is 1.56. The molecule has 4 unspecified atom stereocenters. The molecule has 0 saturated heterocycles. The zero-order valence-electron chi connectivity index (χ0n) is 66.0. The number of hydrogen-bond acceptors (Lipinski definition) is 13. The van der Waals surface area contributed by atoms with Crippen molar-refractivity contribution in [3.8, 4) is 61.2 Å². The van der Waals surface area contributed by atoms with Crippen molar-refractivity contribution in [2.24, 2.45) is 23.7 Å². The van der Waals surface area contributed by atoms with Gasteiger partial charge >= 0.3 is 0 Å². The Hall–Kier alpha value is -7.54. The second kappa shape index (κ2) is 37.2. The van der Waals surface area contributed by atoms with Crippen molar-refractivity contribution in [3.63, 3.8) is 0 Å². The zero-order chi connectivity index (χ0) is 76.2. The number of amides is 4. The van der Waals surface area contributed by atoms with Crippen LogP contribution in [0, 0.1) is 23.7 Å². The predicted octanol–water partition coefficient (Wildman–Crippen LogP) is 27.1. The van der Waals surface area contributed by atoms with Crippen molar-refractivity contribution < 1.29 is 36.8 Å². The van der Waals surface area contributed by atoms with Gasteiger partial charge in [-0.15, -0.1) is 56.7 Å². The first-order valence-corrected chi connectivity index (χ1v) is 45.5. The van der Waals surface area contributed by atoms with Crippen molar-refractivity contribution in [2.45, 2.75) is 236 Å². The molecule has 0 radical (unpaired) electrons. The van der Waals surface area contributed by atoms with E-state index in [1.54, 1.807) is 40.3 Å². The zero-order valence-corrected chi connectivity index (χ0v) is 70.1. The number of aryl methyl sites for hydroxylation is 2. The van der Waals surface area contributed by atoms with E-state index < -0.39 is 0 Å². The maximum atomic E-state index is 15.6. The lowest BCUT2D eigenvalue weighted by atomic mass is 9.98. The summed E-state index contributed by atoms with van der Waals surface area (Å²) in [6, 6.07) is 33.5. The molecule has 4 atom stereocenters. The van der Waals surface area contributed by atoms with E-state index in [4.69, 9.17) is 17.7 Å². The van der Waals surface area contributed by atoms with E-state index in [0.717, 1.165) is 143 Å². The SMILES string of the molecule is CCCCCCc1cc(-c2cc(CCCCCC)c(-c3ccc(-c4ccc(C5=C6C(=O)N(CC(CC)CCCC)C(c7ccc(-c8cccs8)o7)=C6C(=O)N5CC(CC)CCCC)o4)s3)s2)sc1-c1ccc(-c2ccc(C3=C4C(=O)N(CC(CC)CCCC)C(c5ccco5)=C4C(=O)N3CC(CC)CCCC)o2)s1. The second-order valence-corrected chi connectivity index (χ2v) is 35.8. The van der Waals surface area contributed by atoms with Crippen LogP contribution in [-0.2, 0) is 32.0 Å². The third-order valence-electron chi connectivity index (χ3n) is 22.9. The lowest BCUT2D eigenvalue weighted by Gasteiger charge is -2.28. The molecule has 0 N–H and O–H groups in total. The molecule has 13 rings (SSSR count). The summed E-state index contributed by atoms with van der Waals surface area (Å²) in [4.78, 5) is 79.7. The maximum absolute atomic E-state index is 15.6. The van der Waals surface area contributed by atoms with Crippen molar-refractivity contribution in [1.29, 1.82) is 0 Å². The Labute approximate surface area is 667 Å². The van der Waals surface area contributed by atoms with Crippen LogP contribution in [0.15, 0.2) is 149 Å². The van der Waals surface area contributed by atoms with E-state index in [0.29, 0.717) is 112 Å². The third kappa shape index (κ3) is 17.0. The molecule has 0 spiro atoms. The molecule has 4 amide bonds. The molecule has 0 aromatic carbocycles. The monoisotopic (exact) mass is 1560 g/mol. The van der Waals surface area contributed by atoms with Crippen LogP contribution in [0.4, 0.5) is 0 Å². The summed E-state index contributed by atoms with van der Waals surface area (Å²) in [7, 11) is 0. The van der Waals surface area contributed by atoms with E-state index in [1.165, 1.54) is 78.9 Å². The first-order chi connectivity index (χ1) is 53.3. The minimum Gasteiger partial charge on any atom is -0.463 e. The van der Waals surface area contributed by atoms with Crippen LogP contribution in [-0.4, -0.2) is 69.4 Å². The molecular formula is C92H112N4O8S5. The van der Waals surface area contributed by atoms with Crippen molar-refractivity contribution in [2.75, 3.05) is 26.2 Å². The van der Waals surface area contributed by atoms with Gasteiger partial charge < -0.3 is 37.3 Å². The van der Waals surface area contributed by atoms with E-state index in [2.05, 4.69) is 106 Å². The molecule has 12 nitrogen and oxygen atoms in total. The van der Waals surface area contributed by atoms with Crippen LogP contribution < -0.4 is 0 Å². The second-order valence-electron chi connectivity index (χ2n) is 30.5. The Morgan fingerprint density at radius 2 is 0.661 bits per heavy atom. The highest BCUT2D eigenvalue weighted by molar-refractivity contribution is 7.29. The molecule has 0 aliphatic carbocycles. The predicted molar refractivity (Wildman–Crippen MR) is 454 cm³/mol. The summed E-state index contributed by atoms with van der Waals surface area (Å²) in [5, 5.41) is 2.03. The number of fused-ring (bicyclic) bond motifs is 2. The van der Waals surface area contributed by atoms with Crippen LogP contribution in [0.25, 0.3) is 84.0 Å². The van der Waals surface area contributed by atoms with E-state index >= 15 is 19.2 Å². The fourth-order valence-electron chi connectivity index (χ4n) is 16.4. The fraction of sp³-hybridized carbons (Fsp3) is 0.478. The quantitative estimate of drug-likeness (QED) is 0.0345. The number of unbranched alkanes of at least 4 members (excludes halogenated alkanes) is 10. The smallest absolute Gasteiger partial charge is 0.261 e.